The van der Waals surface area contributed by atoms with Crippen LogP contribution < -0.4 is 10.2 Å². The molecule has 1 aromatic heterocycles. The zero-order chi connectivity index (χ0) is 16.9. The predicted octanol–water partition coefficient (Wildman–Crippen LogP) is 2.06. The van der Waals surface area contributed by atoms with E-state index in [1.165, 1.54) is 6.33 Å². The summed E-state index contributed by atoms with van der Waals surface area (Å²) in [6.07, 6.45) is 1.70. The number of hydrogen-bond donors (Lipinski definition) is 1. The van der Waals surface area contributed by atoms with Crippen molar-refractivity contribution in [2.24, 2.45) is 0 Å². The number of rotatable bonds is 4. The number of amides is 1. The highest BCUT2D eigenvalue weighted by Crippen LogP contribution is 2.18. The van der Waals surface area contributed by atoms with Gasteiger partial charge in [0.1, 0.15) is 18.0 Å². The average molecular weight is 346 g/mol. The smallest absolute Gasteiger partial charge is 0.230 e. The highest BCUT2D eigenvalue weighted by Gasteiger charge is 2.16. The number of nitrogens with zero attached hydrogens (tertiary/aromatic N) is 4. The topological polar surface area (TPSA) is 61.4 Å². The van der Waals surface area contributed by atoms with Gasteiger partial charge in [0.15, 0.2) is 0 Å². The van der Waals surface area contributed by atoms with Crippen LogP contribution in [0.5, 0.6) is 0 Å². The lowest BCUT2D eigenvalue weighted by Crippen LogP contribution is -2.44. The summed E-state index contributed by atoms with van der Waals surface area (Å²) in [5.74, 6) is 1.20. The number of carbonyl (C=O) groups excluding carboxylic acids is 1. The minimum absolute atomic E-state index is 0.147. The molecule has 6 nitrogen and oxygen atoms in total. The summed E-state index contributed by atoms with van der Waals surface area (Å²) in [6, 6.07) is 9.15. The third kappa shape index (κ3) is 4.21. The van der Waals surface area contributed by atoms with Gasteiger partial charge in [0.2, 0.25) is 5.91 Å². The number of likely N-dealkylation sites (N-methyl/N-ethyl adjacent to an activating group) is 1. The second kappa shape index (κ2) is 7.59. The number of carbonyl (C=O) groups is 1. The van der Waals surface area contributed by atoms with Crippen LogP contribution in [0.1, 0.15) is 5.56 Å². The van der Waals surface area contributed by atoms with Crippen molar-refractivity contribution in [2.75, 3.05) is 43.4 Å². The maximum atomic E-state index is 12.2. The Bertz CT molecular complexity index is 716. The van der Waals surface area contributed by atoms with Gasteiger partial charge in [-0.15, -0.1) is 0 Å². The Labute approximate surface area is 146 Å². The molecule has 1 saturated heterocycles. The van der Waals surface area contributed by atoms with Crippen molar-refractivity contribution in [1.29, 1.82) is 0 Å². The summed E-state index contributed by atoms with van der Waals surface area (Å²) in [5, 5.41) is 3.41. The van der Waals surface area contributed by atoms with Crippen molar-refractivity contribution in [2.45, 2.75) is 6.42 Å². The van der Waals surface area contributed by atoms with Gasteiger partial charge >= 0.3 is 0 Å². The van der Waals surface area contributed by atoms with E-state index in [0.717, 1.165) is 37.6 Å². The fourth-order valence-corrected chi connectivity index (χ4v) is 2.83. The van der Waals surface area contributed by atoms with Crippen molar-refractivity contribution in [3.63, 3.8) is 0 Å². The van der Waals surface area contributed by atoms with Crippen LogP contribution in [0.3, 0.4) is 0 Å². The number of piperazine rings is 1. The third-order valence-corrected chi connectivity index (χ3v) is 4.42. The first-order valence-corrected chi connectivity index (χ1v) is 8.28. The largest absolute Gasteiger partial charge is 0.354 e. The molecule has 1 aliphatic rings. The van der Waals surface area contributed by atoms with Gasteiger partial charge in [0.25, 0.3) is 0 Å². The lowest BCUT2D eigenvalue weighted by Gasteiger charge is -2.33. The monoisotopic (exact) mass is 345 g/mol. The molecule has 1 N–H and O–H groups in total. The van der Waals surface area contributed by atoms with Crippen LogP contribution in [-0.4, -0.2) is 54.0 Å². The lowest BCUT2D eigenvalue weighted by molar-refractivity contribution is -0.115. The molecule has 1 aliphatic heterocycles. The van der Waals surface area contributed by atoms with E-state index >= 15 is 0 Å². The Morgan fingerprint density at radius 1 is 1.21 bits per heavy atom. The van der Waals surface area contributed by atoms with Gasteiger partial charge in [-0.3, -0.25) is 4.79 Å². The van der Waals surface area contributed by atoms with E-state index < -0.39 is 0 Å². The average Bonchev–Trinajstić information content (AvgIpc) is 2.58. The molecule has 0 unspecified atom stereocenters. The minimum atomic E-state index is -0.147. The van der Waals surface area contributed by atoms with E-state index in [-0.39, 0.29) is 12.3 Å². The highest BCUT2D eigenvalue weighted by atomic mass is 35.5. The van der Waals surface area contributed by atoms with Gasteiger partial charge < -0.3 is 15.1 Å². The van der Waals surface area contributed by atoms with E-state index in [4.69, 9.17) is 11.6 Å². The molecular weight excluding hydrogens is 326 g/mol. The highest BCUT2D eigenvalue weighted by molar-refractivity contribution is 6.31. The Kier molecular flexibility index (Phi) is 5.27. The second-order valence-electron chi connectivity index (χ2n) is 5.87. The Balaban J connectivity index is 1.64. The van der Waals surface area contributed by atoms with E-state index in [9.17, 15) is 4.79 Å². The van der Waals surface area contributed by atoms with E-state index in [1.807, 2.05) is 24.3 Å². The molecule has 3 rings (SSSR count). The minimum Gasteiger partial charge on any atom is -0.354 e. The van der Waals surface area contributed by atoms with Crippen LogP contribution in [0.2, 0.25) is 5.02 Å². The molecule has 0 atom stereocenters. The first kappa shape index (κ1) is 16.7. The molecule has 24 heavy (non-hydrogen) atoms. The normalized spacial score (nSPS) is 15.3. The standard InChI is InChI=1S/C17H20ClN5O/c1-22-6-8-23(9-7-22)16-11-15(19-12-20-16)21-17(24)10-13-4-2-3-5-14(13)18/h2-5,11-12H,6-10H2,1H3,(H,19,20,21,24). The number of hydrogen-bond acceptors (Lipinski definition) is 5. The third-order valence-electron chi connectivity index (χ3n) is 4.06. The first-order chi connectivity index (χ1) is 11.6. The maximum Gasteiger partial charge on any atom is 0.230 e. The number of aromatic nitrogens is 2. The van der Waals surface area contributed by atoms with Gasteiger partial charge in [-0.25, -0.2) is 9.97 Å². The van der Waals surface area contributed by atoms with Crippen molar-refractivity contribution >= 4 is 29.1 Å². The van der Waals surface area contributed by atoms with Crippen LogP contribution in [0.15, 0.2) is 36.7 Å². The van der Waals surface area contributed by atoms with Crippen LogP contribution in [-0.2, 0) is 11.2 Å². The molecule has 0 spiro atoms. The van der Waals surface area contributed by atoms with Crippen LogP contribution in [0.4, 0.5) is 11.6 Å². The molecular formula is C17H20ClN5O. The van der Waals surface area contributed by atoms with Crippen molar-refractivity contribution in [1.82, 2.24) is 14.9 Å². The Hall–Kier alpha value is -2.18. The zero-order valence-corrected chi connectivity index (χ0v) is 14.3. The molecule has 126 valence electrons. The maximum absolute atomic E-state index is 12.2. The summed E-state index contributed by atoms with van der Waals surface area (Å²) < 4.78 is 0. The van der Waals surface area contributed by atoms with Crippen LogP contribution in [0.25, 0.3) is 0 Å². The Morgan fingerprint density at radius 2 is 1.96 bits per heavy atom. The number of halogens is 1. The summed E-state index contributed by atoms with van der Waals surface area (Å²) >= 11 is 6.09. The molecule has 1 amide bonds. The van der Waals surface area contributed by atoms with Crippen molar-refractivity contribution in [3.05, 3.63) is 47.2 Å². The molecule has 0 saturated carbocycles. The fourth-order valence-electron chi connectivity index (χ4n) is 2.63. The fraction of sp³-hybridized carbons (Fsp3) is 0.353. The number of anilines is 2. The lowest BCUT2D eigenvalue weighted by atomic mass is 10.1. The van der Waals surface area contributed by atoms with E-state index in [0.29, 0.717) is 10.8 Å². The molecule has 2 heterocycles. The van der Waals surface area contributed by atoms with Crippen LogP contribution >= 0.6 is 11.6 Å². The summed E-state index contributed by atoms with van der Waals surface area (Å²) in [7, 11) is 2.11. The van der Waals surface area contributed by atoms with Gasteiger partial charge in [0.05, 0.1) is 6.42 Å². The van der Waals surface area contributed by atoms with Crippen molar-refractivity contribution < 1.29 is 4.79 Å². The molecule has 0 bridgehead atoms. The van der Waals surface area contributed by atoms with Gasteiger partial charge in [-0.2, -0.15) is 0 Å². The molecule has 0 radical (unpaired) electrons. The number of benzene rings is 1. The van der Waals surface area contributed by atoms with E-state index in [1.54, 1.807) is 6.07 Å². The molecule has 1 aromatic carbocycles. The predicted molar refractivity (Wildman–Crippen MR) is 95.5 cm³/mol. The van der Waals surface area contributed by atoms with Gasteiger partial charge in [0, 0.05) is 37.3 Å². The molecule has 0 aliphatic carbocycles. The molecule has 7 heteroatoms. The summed E-state index contributed by atoms with van der Waals surface area (Å²) in [6.45, 7) is 3.83. The van der Waals surface area contributed by atoms with Gasteiger partial charge in [-0.05, 0) is 18.7 Å². The van der Waals surface area contributed by atoms with Crippen LogP contribution in [0, 0.1) is 0 Å². The first-order valence-electron chi connectivity index (χ1n) is 7.90. The number of nitrogens with one attached hydrogen (secondary N) is 1. The SMILES string of the molecule is CN1CCN(c2cc(NC(=O)Cc3ccccc3Cl)ncn2)CC1. The summed E-state index contributed by atoms with van der Waals surface area (Å²) in [4.78, 5) is 25.2. The molecule has 1 fully saturated rings. The quantitative estimate of drug-likeness (QED) is 0.919. The van der Waals surface area contributed by atoms with Crippen molar-refractivity contribution in [3.8, 4) is 0 Å². The molecule has 2 aromatic rings. The zero-order valence-electron chi connectivity index (χ0n) is 13.6. The van der Waals surface area contributed by atoms with Gasteiger partial charge in [-0.1, -0.05) is 29.8 Å². The summed E-state index contributed by atoms with van der Waals surface area (Å²) in [5.41, 5.74) is 0.796. The van der Waals surface area contributed by atoms with E-state index in [2.05, 4.69) is 32.1 Å². The Morgan fingerprint density at radius 3 is 2.71 bits per heavy atom. The second-order valence-corrected chi connectivity index (χ2v) is 6.28.